The molecule has 1 radical (unpaired) electrons. The Morgan fingerprint density at radius 1 is 1.62 bits per heavy atom. The van der Waals surface area contributed by atoms with Crippen molar-refractivity contribution in [1.29, 1.82) is 0 Å². The molecule has 0 unspecified atom stereocenters. The highest BCUT2D eigenvalue weighted by Gasteiger charge is 2.24. The first kappa shape index (κ1) is 7.66. The van der Waals surface area contributed by atoms with E-state index >= 15 is 0 Å². The Balaban J connectivity index is 2.60. The summed E-state index contributed by atoms with van der Waals surface area (Å²) in [5.41, 5.74) is 6.12. The third kappa shape index (κ3) is 1.12. The van der Waals surface area contributed by atoms with Crippen molar-refractivity contribution in [2.24, 2.45) is 0 Å². The number of rotatable bonds is 1. The van der Waals surface area contributed by atoms with Gasteiger partial charge in [-0.15, -0.1) is 0 Å². The van der Waals surface area contributed by atoms with Gasteiger partial charge in [0.2, 0.25) is 17.8 Å². The summed E-state index contributed by atoms with van der Waals surface area (Å²) < 4.78 is 0. The molecule has 0 amide bonds. The molecule has 6 heteroatoms. The molecule has 65 valence electrons. The van der Waals surface area contributed by atoms with Gasteiger partial charge in [0.05, 0.1) is 0 Å². The van der Waals surface area contributed by atoms with Gasteiger partial charge >= 0.3 is 5.82 Å². The van der Waals surface area contributed by atoms with Crippen molar-refractivity contribution in [2.75, 3.05) is 11.1 Å². The van der Waals surface area contributed by atoms with Crippen LogP contribution in [0, 0.1) is 0 Å². The van der Waals surface area contributed by atoms with Gasteiger partial charge in [-0.2, -0.15) is 4.98 Å². The maximum atomic E-state index is 10.9. The van der Waals surface area contributed by atoms with E-state index in [1.807, 2.05) is 0 Å². The van der Waals surface area contributed by atoms with Crippen LogP contribution in [0.4, 0.5) is 17.3 Å². The Hall–Kier alpha value is -1.98. The summed E-state index contributed by atoms with van der Waals surface area (Å²) in [7, 11) is 0. The van der Waals surface area contributed by atoms with Gasteiger partial charge < -0.3 is 5.73 Å². The Labute approximate surface area is 73.9 Å². The predicted octanol–water partition coefficient (Wildman–Crippen LogP) is -0.318. The van der Waals surface area contributed by atoms with Crippen molar-refractivity contribution in [1.82, 2.24) is 15.0 Å². The van der Waals surface area contributed by atoms with E-state index < -0.39 is 0 Å². The minimum absolute atomic E-state index is 0.0945. The maximum absolute atomic E-state index is 10.9. The molecular formula is C7H7N5O+. The second-order valence-corrected chi connectivity index (χ2v) is 2.59. The first-order valence-corrected chi connectivity index (χ1v) is 3.66. The number of hydrogen-bond acceptors (Lipinski definition) is 6. The molecule has 0 saturated heterocycles. The number of ketones is 1. The van der Waals surface area contributed by atoms with Crippen LogP contribution in [0.3, 0.4) is 0 Å². The van der Waals surface area contributed by atoms with E-state index in [2.05, 4.69) is 20.3 Å². The van der Waals surface area contributed by atoms with Gasteiger partial charge in [0.1, 0.15) is 0 Å². The van der Waals surface area contributed by atoms with Gasteiger partial charge in [0.15, 0.2) is 5.82 Å². The normalized spacial score (nSPS) is 12.4. The molecule has 0 spiro atoms. The monoisotopic (exact) mass is 177 g/mol. The van der Waals surface area contributed by atoms with Crippen LogP contribution in [-0.2, 0) is 0 Å². The quantitative estimate of drug-likeness (QED) is 0.573. The number of Topliss-reactive ketones (excluding diaryl/α,β-unsaturated/α-hetero) is 1. The van der Waals surface area contributed by atoms with E-state index in [4.69, 9.17) is 5.73 Å². The number of nitrogens with zero attached hydrogens (tertiary/aromatic N) is 3. The number of aromatic nitrogens is 2. The number of carbonyl (C=O) groups excluding carboxylic acids is 1. The maximum Gasteiger partial charge on any atom is 0.342 e. The molecule has 0 fully saturated rings. The van der Waals surface area contributed by atoms with Crippen molar-refractivity contribution in [3.63, 3.8) is 0 Å². The standard InChI is InChI=1S/C7H7N5O/c1-3(13)6-11-5(8)4-7(12-6)10-2-9-4/h2,9H,1H3,(H2,8,11,12)/q+1. The molecule has 1 aromatic heterocycles. The van der Waals surface area contributed by atoms with E-state index in [0.717, 1.165) is 0 Å². The van der Waals surface area contributed by atoms with Gasteiger partial charge in [0.25, 0.3) is 5.82 Å². The Bertz CT molecular complexity index is 412. The third-order valence-electron chi connectivity index (χ3n) is 1.63. The van der Waals surface area contributed by atoms with Gasteiger partial charge in [-0.3, -0.25) is 10.1 Å². The predicted molar refractivity (Wildman–Crippen MR) is 47.9 cm³/mol. The van der Waals surface area contributed by atoms with Crippen molar-refractivity contribution in [2.45, 2.75) is 6.92 Å². The fraction of sp³-hybridized carbons (Fsp3) is 0.143. The average molecular weight is 177 g/mol. The fourth-order valence-electron chi connectivity index (χ4n) is 1.01. The molecule has 0 saturated carbocycles. The molecule has 0 atom stereocenters. The van der Waals surface area contributed by atoms with Crippen LogP contribution >= 0.6 is 0 Å². The summed E-state index contributed by atoms with van der Waals surface area (Å²) in [6.07, 6.45) is 1.46. The smallest absolute Gasteiger partial charge is 0.342 e. The van der Waals surface area contributed by atoms with Crippen LogP contribution in [-0.4, -0.2) is 22.1 Å². The minimum atomic E-state index is -0.225. The minimum Gasteiger partial charge on any atom is -0.380 e. The molecule has 1 aliphatic heterocycles. The number of anilines is 2. The Morgan fingerprint density at radius 3 is 3.08 bits per heavy atom. The summed E-state index contributed by atoms with van der Waals surface area (Å²) in [6, 6.07) is 0. The van der Waals surface area contributed by atoms with E-state index in [9.17, 15) is 4.79 Å². The zero-order valence-electron chi connectivity index (χ0n) is 6.90. The van der Waals surface area contributed by atoms with Crippen LogP contribution in [0.2, 0.25) is 0 Å². The van der Waals surface area contributed by atoms with E-state index in [0.29, 0.717) is 11.5 Å². The molecule has 3 N–H and O–H groups in total. The van der Waals surface area contributed by atoms with Crippen LogP contribution in [0.1, 0.15) is 17.5 Å². The number of nitrogens with one attached hydrogen (secondary N) is 1. The van der Waals surface area contributed by atoms with Crippen molar-refractivity contribution in [3.8, 4) is 0 Å². The number of nitrogens with two attached hydrogens (primary N) is 1. The molecule has 0 aliphatic carbocycles. The highest BCUT2D eigenvalue weighted by molar-refractivity contribution is 5.96. The highest BCUT2D eigenvalue weighted by Crippen LogP contribution is 2.25. The second kappa shape index (κ2) is 2.51. The topological polar surface area (TPSA) is 95.0 Å². The third-order valence-corrected chi connectivity index (χ3v) is 1.63. The molecule has 1 aliphatic rings. The molecule has 0 aromatic carbocycles. The molecule has 0 bridgehead atoms. The lowest BCUT2D eigenvalue weighted by molar-refractivity contribution is 0.100. The van der Waals surface area contributed by atoms with E-state index in [-0.39, 0.29) is 17.4 Å². The fourth-order valence-corrected chi connectivity index (χ4v) is 1.01. The summed E-state index contributed by atoms with van der Waals surface area (Å²) in [6.45, 7) is 1.38. The first-order chi connectivity index (χ1) is 6.18. The lowest BCUT2D eigenvalue weighted by Crippen LogP contribution is -2.06. The molecular weight excluding hydrogens is 170 g/mol. The van der Waals surface area contributed by atoms with Crippen LogP contribution < -0.4 is 16.0 Å². The van der Waals surface area contributed by atoms with Crippen molar-refractivity contribution in [3.05, 3.63) is 5.82 Å². The Kier molecular flexibility index (Phi) is 1.48. The van der Waals surface area contributed by atoms with Crippen LogP contribution in [0.5, 0.6) is 0 Å². The van der Waals surface area contributed by atoms with Gasteiger partial charge in [-0.1, -0.05) is 9.98 Å². The molecule has 1 aromatic rings. The van der Waals surface area contributed by atoms with Crippen LogP contribution in [0.25, 0.3) is 0 Å². The second-order valence-electron chi connectivity index (χ2n) is 2.59. The van der Waals surface area contributed by atoms with Gasteiger partial charge in [-0.25, -0.2) is 0 Å². The zero-order chi connectivity index (χ0) is 9.42. The summed E-state index contributed by atoms with van der Waals surface area (Å²) in [4.78, 5) is 22.6. The van der Waals surface area contributed by atoms with E-state index in [1.165, 1.54) is 13.3 Å². The largest absolute Gasteiger partial charge is 0.380 e. The number of nitrogen functional groups attached to an aromatic ring is 1. The first-order valence-electron chi connectivity index (χ1n) is 3.66. The van der Waals surface area contributed by atoms with Crippen molar-refractivity contribution >= 4 is 29.4 Å². The number of fused-ring (bicyclic) bond motifs is 1. The summed E-state index contributed by atoms with van der Waals surface area (Å²) >= 11 is 0. The molecule has 13 heavy (non-hydrogen) atoms. The number of aliphatic imine (C=N–C) groups is 1. The van der Waals surface area contributed by atoms with Gasteiger partial charge in [-0.05, 0) is 0 Å². The summed E-state index contributed by atoms with van der Waals surface area (Å²) in [5.74, 6) is 0.527. The molecule has 2 heterocycles. The lowest BCUT2D eigenvalue weighted by Gasteiger charge is -1.95. The molecule has 6 nitrogen and oxygen atoms in total. The SMILES string of the molecule is CC(=O)c1nc(N)c2c(n1)[N+]=CN2. The van der Waals surface area contributed by atoms with Crippen LogP contribution in [0.15, 0.2) is 0 Å². The van der Waals surface area contributed by atoms with Crippen molar-refractivity contribution < 1.29 is 4.79 Å². The zero-order valence-corrected chi connectivity index (χ0v) is 6.90. The average Bonchev–Trinajstić information content (AvgIpc) is 2.51. The van der Waals surface area contributed by atoms with Gasteiger partial charge in [0, 0.05) is 6.92 Å². The summed E-state index contributed by atoms with van der Waals surface area (Å²) in [5, 5.41) is 2.78. The lowest BCUT2D eigenvalue weighted by atomic mass is 10.3. The highest BCUT2D eigenvalue weighted by atomic mass is 16.1. The number of carbonyl (C=O) groups is 1. The van der Waals surface area contributed by atoms with E-state index in [1.54, 1.807) is 0 Å². The Morgan fingerprint density at radius 2 is 2.38 bits per heavy atom. The molecule has 2 rings (SSSR count). The number of hydrogen-bond donors (Lipinski definition) is 2.